The number of benzene rings is 3. The van der Waals surface area contributed by atoms with Crippen LogP contribution in [0.1, 0.15) is 81.5 Å². The average Bonchev–Trinajstić information content (AvgIpc) is 2.86. The van der Waals surface area contributed by atoms with Crippen molar-refractivity contribution in [1.29, 1.82) is 0 Å². The van der Waals surface area contributed by atoms with E-state index < -0.39 is 7.92 Å². The minimum Gasteiger partial charge on any atom is -0.125 e. The lowest BCUT2D eigenvalue weighted by molar-refractivity contribution is -0.101. The van der Waals surface area contributed by atoms with Gasteiger partial charge in [-0.15, -0.1) is 9.24 Å². The van der Waals surface area contributed by atoms with Gasteiger partial charge in [-0.1, -0.05) is 93.6 Å². The van der Waals surface area contributed by atoms with Gasteiger partial charge in [0.25, 0.3) is 0 Å². The molecule has 7 rings (SSSR count). The molecule has 4 aliphatic rings. The standard InChI is InChI=1S/C36H46P2/c1-25-12-6-10-16-32(25)38(33-17-11-7-13-26(33)2)24-30-14-8-9-15-31(30)36(37,34(3,4)5)35-21-27-18-28(22-35)20-29(19-27)23-35/h6-17,27-29H,18-24,37H2,1-5H3. The van der Waals surface area contributed by atoms with E-state index in [1.807, 2.05) is 0 Å². The second kappa shape index (κ2) is 9.86. The van der Waals surface area contributed by atoms with Crippen molar-refractivity contribution in [2.45, 2.75) is 84.5 Å². The van der Waals surface area contributed by atoms with Crippen molar-refractivity contribution in [2.75, 3.05) is 0 Å². The van der Waals surface area contributed by atoms with Crippen LogP contribution < -0.4 is 10.6 Å². The Balaban J connectivity index is 1.49. The third-order valence-electron chi connectivity index (χ3n) is 10.6. The van der Waals surface area contributed by atoms with Crippen LogP contribution in [0.3, 0.4) is 0 Å². The number of hydrogen-bond donors (Lipinski definition) is 0. The Morgan fingerprint density at radius 1 is 0.711 bits per heavy atom. The van der Waals surface area contributed by atoms with Crippen molar-refractivity contribution >= 4 is 27.8 Å². The molecule has 4 saturated carbocycles. The van der Waals surface area contributed by atoms with Crippen molar-refractivity contribution in [3.8, 4) is 0 Å². The van der Waals surface area contributed by atoms with Crippen LogP contribution in [0.5, 0.6) is 0 Å². The molecule has 200 valence electrons. The molecule has 0 heterocycles. The van der Waals surface area contributed by atoms with Gasteiger partial charge >= 0.3 is 0 Å². The smallest absolute Gasteiger partial charge is 0.0205 e. The van der Waals surface area contributed by atoms with Crippen LogP contribution in [0.25, 0.3) is 0 Å². The first-order valence-electron chi connectivity index (χ1n) is 14.9. The molecule has 0 aliphatic heterocycles. The van der Waals surface area contributed by atoms with E-state index in [2.05, 4.69) is 117 Å². The molecular weight excluding hydrogens is 494 g/mol. The number of hydrogen-bond acceptors (Lipinski definition) is 0. The quantitative estimate of drug-likeness (QED) is 0.273. The molecule has 2 unspecified atom stereocenters. The monoisotopic (exact) mass is 540 g/mol. The summed E-state index contributed by atoms with van der Waals surface area (Å²) in [5.74, 6) is 2.85. The normalized spacial score (nSPS) is 28.0. The van der Waals surface area contributed by atoms with Gasteiger partial charge in [-0.05, 0) is 122 Å². The van der Waals surface area contributed by atoms with Crippen LogP contribution in [0.15, 0.2) is 72.8 Å². The molecule has 38 heavy (non-hydrogen) atoms. The second-order valence-corrected chi connectivity index (χ2v) is 17.1. The molecule has 3 aromatic carbocycles. The summed E-state index contributed by atoms with van der Waals surface area (Å²) in [5.41, 5.74) is 6.60. The summed E-state index contributed by atoms with van der Waals surface area (Å²) in [6.07, 6.45) is 9.89. The van der Waals surface area contributed by atoms with E-state index in [0.717, 1.165) is 23.9 Å². The van der Waals surface area contributed by atoms with E-state index >= 15 is 0 Å². The fourth-order valence-electron chi connectivity index (χ4n) is 9.32. The summed E-state index contributed by atoms with van der Waals surface area (Å²) in [7, 11) is 3.07. The molecule has 0 saturated heterocycles. The van der Waals surface area contributed by atoms with Crippen molar-refractivity contribution < 1.29 is 0 Å². The van der Waals surface area contributed by atoms with Gasteiger partial charge in [0.1, 0.15) is 0 Å². The van der Waals surface area contributed by atoms with E-state index in [9.17, 15) is 0 Å². The average molecular weight is 541 g/mol. The van der Waals surface area contributed by atoms with Gasteiger partial charge in [0.2, 0.25) is 0 Å². The van der Waals surface area contributed by atoms with Gasteiger partial charge in [-0.3, -0.25) is 0 Å². The Morgan fingerprint density at radius 2 is 1.16 bits per heavy atom. The van der Waals surface area contributed by atoms with E-state index in [1.54, 1.807) is 11.1 Å². The third kappa shape index (κ3) is 4.34. The predicted octanol–water partition coefficient (Wildman–Crippen LogP) is 9.27. The minimum absolute atomic E-state index is 0.0745. The topological polar surface area (TPSA) is 0 Å². The highest BCUT2D eigenvalue weighted by Gasteiger charge is 2.62. The first-order chi connectivity index (χ1) is 18.1. The maximum Gasteiger partial charge on any atom is 0.0205 e. The van der Waals surface area contributed by atoms with Crippen molar-refractivity contribution in [1.82, 2.24) is 0 Å². The zero-order chi connectivity index (χ0) is 26.7. The molecule has 4 aliphatic carbocycles. The fraction of sp³-hybridized carbons (Fsp3) is 0.500. The maximum absolute atomic E-state index is 3.58. The first kappa shape index (κ1) is 26.7. The SMILES string of the molecule is Cc1ccccc1P(Cc1ccccc1C(P)(C(C)(C)C)C12CC3CC(CC(C3)C1)C2)c1ccccc1C. The zero-order valence-corrected chi connectivity index (χ0v) is 26.2. The molecule has 0 N–H and O–H groups in total. The second-order valence-electron chi connectivity index (χ2n) is 14.1. The Morgan fingerprint density at radius 3 is 1.63 bits per heavy atom. The summed E-state index contributed by atoms with van der Waals surface area (Å²) in [6.45, 7) is 12.2. The molecule has 0 spiro atoms. The maximum atomic E-state index is 3.58. The lowest BCUT2D eigenvalue weighted by atomic mass is 9.42. The van der Waals surface area contributed by atoms with Crippen LogP contribution in [0.2, 0.25) is 0 Å². The van der Waals surface area contributed by atoms with E-state index in [0.29, 0.717) is 5.41 Å². The highest BCUT2D eigenvalue weighted by Crippen LogP contribution is 2.72. The van der Waals surface area contributed by atoms with Crippen molar-refractivity contribution in [3.05, 3.63) is 95.1 Å². The predicted molar refractivity (Wildman–Crippen MR) is 170 cm³/mol. The summed E-state index contributed by atoms with van der Waals surface area (Å²) >= 11 is 0. The first-order valence-corrected chi connectivity index (χ1v) is 17.0. The van der Waals surface area contributed by atoms with Gasteiger partial charge in [-0.2, -0.15) is 0 Å². The zero-order valence-electron chi connectivity index (χ0n) is 24.1. The van der Waals surface area contributed by atoms with Gasteiger partial charge in [0, 0.05) is 11.3 Å². The molecule has 3 aromatic rings. The highest BCUT2D eigenvalue weighted by molar-refractivity contribution is 7.72. The number of aryl methyl sites for hydroxylation is 2. The molecule has 4 fully saturated rings. The van der Waals surface area contributed by atoms with Gasteiger partial charge < -0.3 is 0 Å². The van der Waals surface area contributed by atoms with Crippen LogP contribution in [0, 0.1) is 42.4 Å². The summed E-state index contributed by atoms with van der Waals surface area (Å²) in [4.78, 5) is 0. The molecule has 2 atom stereocenters. The lowest BCUT2D eigenvalue weighted by Crippen LogP contribution is -2.58. The minimum atomic E-state index is -0.510. The van der Waals surface area contributed by atoms with Crippen LogP contribution in [-0.4, -0.2) is 0 Å². The largest absolute Gasteiger partial charge is 0.125 e. The Kier molecular flexibility index (Phi) is 6.93. The molecule has 0 radical (unpaired) electrons. The summed E-state index contributed by atoms with van der Waals surface area (Å²) < 4.78 is 0. The molecule has 0 aromatic heterocycles. The molecule has 2 heteroatoms. The van der Waals surface area contributed by atoms with E-state index in [4.69, 9.17) is 0 Å². The fourth-order valence-corrected chi connectivity index (χ4v) is 12.7. The van der Waals surface area contributed by atoms with Crippen LogP contribution >= 0.6 is 17.2 Å². The number of rotatable bonds is 6. The Hall–Kier alpha value is -1.48. The van der Waals surface area contributed by atoms with Gasteiger partial charge in [-0.25, -0.2) is 0 Å². The van der Waals surface area contributed by atoms with Crippen molar-refractivity contribution in [2.24, 2.45) is 28.6 Å². The molecular formula is C36H46P2. The van der Waals surface area contributed by atoms with Crippen LogP contribution in [0.4, 0.5) is 0 Å². The molecule has 0 nitrogen and oxygen atoms in total. The summed E-state index contributed by atoms with van der Waals surface area (Å²) in [6, 6.07) is 27.9. The lowest BCUT2D eigenvalue weighted by Gasteiger charge is -2.66. The Bertz CT molecular complexity index is 1230. The van der Waals surface area contributed by atoms with Gasteiger partial charge in [0.05, 0.1) is 0 Å². The third-order valence-corrected chi connectivity index (χ3v) is 15.3. The van der Waals surface area contributed by atoms with Crippen LogP contribution in [-0.2, 0) is 11.3 Å². The highest BCUT2D eigenvalue weighted by atomic mass is 31.1. The Labute approximate surface area is 235 Å². The van der Waals surface area contributed by atoms with E-state index in [-0.39, 0.29) is 10.6 Å². The summed E-state index contributed by atoms with van der Waals surface area (Å²) in [5, 5.41) is 3.14. The molecule has 0 amide bonds. The van der Waals surface area contributed by atoms with Gasteiger partial charge in [0.15, 0.2) is 0 Å². The van der Waals surface area contributed by atoms with E-state index in [1.165, 1.54) is 60.3 Å². The molecule has 4 bridgehead atoms. The van der Waals surface area contributed by atoms with Crippen molar-refractivity contribution in [3.63, 3.8) is 0 Å².